The molecule has 1 fully saturated rings. The molecule has 0 aromatic heterocycles. The first-order valence-corrected chi connectivity index (χ1v) is 6.20. The molecule has 1 amide bonds. The zero-order chi connectivity index (χ0) is 12.3. The molecule has 0 saturated carbocycles. The molecule has 1 aliphatic heterocycles. The van der Waals surface area contributed by atoms with Crippen LogP contribution in [0.1, 0.15) is 30.9 Å². The first-order valence-electron chi connectivity index (χ1n) is 6.20. The molecule has 0 spiro atoms. The molecule has 17 heavy (non-hydrogen) atoms. The van der Waals surface area contributed by atoms with Gasteiger partial charge in [-0.2, -0.15) is 0 Å². The fourth-order valence-corrected chi connectivity index (χ4v) is 2.76. The molecule has 3 heteroatoms. The molecule has 1 aliphatic rings. The standard InChI is InChI=1S/C14H20N2O/c1-11-5-3-4-6-13(11)14(16-12(2)17)7-9-15-10-8-14/h3-6,15H,7-10H2,1-2H3,(H,16,17). The fourth-order valence-electron chi connectivity index (χ4n) is 2.76. The minimum Gasteiger partial charge on any atom is -0.347 e. The zero-order valence-electron chi connectivity index (χ0n) is 10.5. The monoisotopic (exact) mass is 232 g/mol. The van der Waals surface area contributed by atoms with Gasteiger partial charge in [-0.15, -0.1) is 0 Å². The van der Waals surface area contributed by atoms with Crippen LogP contribution in [-0.2, 0) is 10.3 Å². The number of hydrogen-bond acceptors (Lipinski definition) is 2. The molecule has 1 saturated heterocycles. The van der Waals surface area contributed by atoms with E-state index in [9.17, 15) is 4.79 Å². The summed E-state index contributed by atoms with van der Waals surface area (Å²) < 4.78 is 0. The Kier molecular flexibility index (Phi) is 3.48. The minimum atomic E-state index is -0.178. The van der Waals surface area contributed by atoms with Crippen LogP contribution < -0.4 is 10.6 Å². The van der Waals surface area contributed by atoms with Gasteiger partial charge in [0, 0.05) is 6.92 Å². The van der Waals surface area contributed by atoms with Crippen LogP contribution in [-0.4, -0.2) is 19.0 Å². The Morgan fingerprint density at radius 2 is 1.94 bits per heavy atom. The van der Waals surface area contributed by atoms with Crippen molar-refractivity contribution in [1.29, 1.82) is 0 Å². The molecular formula is C14H20N2O. The molecule has 3 nitrogen and oxygen atoms in total. The molecule has 1 aromatic carbocycles. The molecule has 0 bridgehead atoms. The highest BCUT2D eigenvalue weighted by atomic mass is 16.1. The molecule has 2 rings (SSSR count). The molecule has 0 radical (unpaired) electrons. The van der Waals surface area contributed by atoms with E-state index in [0.717, 1.165) is 25.9 Å². The van der Waals surface area contributed by atoms with Crippen molar-refractivity contribution in [1.82, 2.24) is 10.6 Å². The van der Waals surface area contributed by atoms with Crippen LogP contribution >= 0.6 is 0 Å². The molecule has 0 unspecified atom stereocenters. The Morgan fingerprint density at radius 3 is 2.53 bits per heavy atom. The quantitative estimate of drug-likeness (QED) is 0.815. The molecular weight excluding hydrogens is 212 g/mol. The summed E-state index contributed by atoms with van der Waals surface area (Å²) in [5, 5.41) is 6.52. The van der Waals surface area contributed by atoms with Crippen LogP contribution in [0.4, 0.5) is 0 Å². The SMILES string of the molecule is CC(=O)NC1(c2ccccc2C)CCNCC1. The van der Waals surface area contributed by atoms with Crippen molar-refractivity contribution < 1.29 is 4.79 Å². The van der Waals surface area contributed by atoms with Crippen LogP contribution in [0, 0.1) is 6.92 Å². The number of piperidine rings is 1. The van der Waals surface area contributed by atoms with Crippen LogP contribution in [0.3, 0.4) is 0 Å². The zero-order valence-corrected chi connectivity index (χ0v) is 10.5. The van der Waals surface area contributed by atoms with E-state index < -0.39 is 0 Å². The summed E-state index contributed by atoms with van der Waals surface area (Å²) in [6.07, 6.45) is 1.91. The average Bonchev–Trinajstić information content (AvgIpc) is 2.29. The van der Waals surface area contributed by atoms with E-state index in [1.54, 1.807) is 6.92 Å². The van der Waals surface area contributed by atoms with E-state index in [1.165, 1.54) is 11.1 Å². The second kappa shape index (κ2) is 4.88. The second-order valence-electron chi connectivity index (χ2n) is 4.83. The van der Waals surface area contributed by atoms with E-state index in [1.807, 2.05) is 12.1 Å². The molecule has 1 aromatic rings. The van der Waals surface area contributed by atoms with Crippen molar-refractivity contribution in [2.24, 2.45) is 0 Å². The predicted octanol–water partition coefficient (Wildman–Crippen LogP) is 1.71. The number of carbonyl (C=O) groups is 1. The second-order valence-corrected chi connectivity index (χ2v) is 4.83. The maximum absolute atomic E-state index is 11.5. The van der Waals surface area contributed by atoms with Gasteiger partial charge in [0.05, 0.1) is 5.54 Å². The Hall–Kier alpha value is -1.35. The van der Waals surface area contributed by atoms with Gasteiger partial charge in [0.1, 0.15) is 0 Å². The Morgan fingerprint density at radius 1 is 1.29 bits per heavy atom. The van der Waals surface area contributed by atoms with Crippen molar-refractivity contribution in [3.05, 3.63) is 35.4 Å². The third-order valence-corrected chi connectivity index (χ3v) is 3.53. The summed E-state index contributed by atoms with van der Waals surface area (Å²) in [6.45, 7) is 5.62. The number of nitrogens with one attached hydrogen (secondary N) is 2. The van der Waals surface area contributed by atoms with Gasteiger partial charge < -0.3 is 10.6 Å². The van der Waals surface area contributed by atoms with Crippen molar-refractivity contribution in [3.63, 3.8) is 0 Å². The van der Waals surface area contributed by atoms with Crippen LogP contribution in [0.15, 0.2) is 24.3 Å². The number of benzene rings is 1. The number of rotatable bonds is 2. The molecule has 1 heterocycles. The van der Waals surface area contributed by atoms with Crippen molar-refractivity contribution in [2.75, 3.05) is 13.1 Å². The largest absolute Gasteiger partial charge is 0.347 e. The summed E-state index contributed by atoms with van der Waals surface area (Å²) >= 11 is 0. The molecule has 92 valence electrons. The van der Waals surface area contributed by atoms with E-state index >= 15 is 0 Å². The van der Waals surface area contributed by atoms with Gasteiger partial charge in [-0.05, 0) is 44.0 Å². The average molecular weight is 232 g/mol. The maximum Gasteiger partial charge on any atom is 0.217 e. The van der Waals surface area contributed by atoms with Crippen molar-refractivity contribution in [2.45, 2.75) is 32.2 Å². The third-order valence-electron chi connectivity index (χ3n) is 3.53. The van der Waals surface area contributed by atoms with Gasteiger partial charge in [-0.3, -0.25) is 4.79 Å². The topological polar surface area (TPSA) is 41.1 Å². The van der Waals surface area contributed by atoms with Gasteiger partial charge in [0.15, 0.2) is 0 Å². The van der Waals surface area contributed by atoms with E-state index in [2.05, 4.69) is 29.7 Å². The maximum atomic E-state index is 11.5. The summed E-state index contributed by atoms with van der Waals surface area (Å²) in [4.78, 5) is 11.5. The lowest BCUT2D eigenvalue weighted by atomic mass is 9.79. The van der Waals surface area contributed by atoms with Crippen molar-refractivity contribution in [3.8, 4) is 0 Å². The Labute approximate surface area is 103 Å². The Bertz CT molecular complexity index is 408. The highest BCUT2D eigenvalue weighted by Crippen LogP contribution is 2.32. The van der Waals surface area contributed by atoms with Crippen LogP contribution in [0.5, 0.6) is 0 Å². The predicted molar refractivity (Wildman–Crippen MR) is 68.8 cm³/mol. The lowest BCUT2D eigenvalue weighted by Crippen LogP contribution is -2.51. The van der Waals surface area contributed by atoms with Gasteiger partial charge in [0.25, 0.3) is 0 Å². The number of hydrogen-bond donors (Lipinski definition) is 2. The lowest BCUT2D eigenvalue weighted by Gasteiger charge is -2.39. The summed E-state index contributed by atoms with van der Waals surface area (Å²) in [5.74, 6) is 0.0511. The molecule has 0 atom stereocenters. The van der Waals surface area contributed by atoms with Gasteiger partial charge in [0.2, 0.25) is 5.91 Å². The van der Waals surface area contributed by atoms with Gasteiger partial charge in [-0.25, -0.2) is 0 Å². The number of carbonyl (C=O) groups excluding carboxylic acids is 1. The van der Waals surface area contributed by atoms with Crippen molar-refractivity contribution >= 4 is 5.91 Å². The molecule has 0 aliphatic carbocycles. The van der Waals surface area contributed by atoms with Gasteiger partial charge in [-0.1, -0.05) is 24.3 Å². The summed E-state index contributed by atoms with van der Waals surface area (Å²) in [6, 6.07) is 8.34. The third kappa shape index (κ3) is 2.50. The summed E-state index contributed by atoms with van der Waals surface area (Å²) in [5.41, 5.74) is 2.34. The van der Waals surface area contributed by atoms with E-state index in [4.69, 9.17) is 0 Å². The first-order chi connectivity index (χ1) is 8.14. The van der Waals surface area contributed by atoms with Gasteiger partial charge >= 0.3 is 0 Å². The first kappa shape index (κ1) is 12.1. The van der Waals surface area contributed by atoms with E-state index in [-0.39, 0.29) is 11.4 Å². The lowest BCUT2D eigenvalue weighted by molar-refractivity contribution is -0.121. The number of amides is 1. The smallest absolute Gasteiger partial charge is 0.217 e. The van der Waals surface area contributed by atoms with Crippen LogP contribution in [0.25, 0.3) is 0 Å². The minimum absolute atomic E-state index is 0.0511. The fraction of sp³-hybridized carbons (Fsp3) is 0.500. The van der Waals surface area contributed by atoms with E-state index in [0.29, 0.717) is 0 Å². The number of aryl methyl sites for hydroxylation is 1. The Balaban J connectivity index is 2.39. The van der Waals surface area contributed by atoms with Crippen LogP contribution in [0.2, 0.25) is 0 Å². The summed E-state index contributed by atoms with van der Waals surface area (Å²) in [7, 11) is 0. The normalized spacial score (nSPS) is 18.7. The highest BCUT2D eigenvalue weighted by molar-refractivity contribution is 5.74. The highest BCUT2D eigenvalue weighted by Gasteiger charge is 2.35. The molecule has 2 N–H and O–H groups in total.